The lowest BCUT2D eigenvalue weighted by Crippen LogP contribution is -2.41. The molecule has 0 aromatic heterocycles. The Morgan fingerprint density at radius 2 is 1.86 bits per heavy atom. The minimum Gasteiger partial charge on any atom is -0.497 e. The van der Waals surface area contributed by atoms with Gasteiger partial charge in [0.25, 0.3) is 11.6 Å². The van der Waals surface area contributed by atoms with Gasteiger partial charge in [-0.15, -0.1) is 0 Å². The summed E-state index contributed by atoms with van der Waals surface area (Å²) in [5.74, 6) is 0.279. The number of carbonyl (C=O) groups is 2. The maximum Gasteiger partial charge on any atom is 0.321 e. The number of nitrogens with one attached hydrogen (secondary N) is 2. The predicted molar refractivity (Wildman–Crippen MR) is 102 cm³/mol. The molecule has 0 aliphatic heterocycles. The van der Waals surface area contributed by atoms with Crippen molar-refractivity contribution < 1.29 is 24.0 Å². The molecular formula is C19H21N3O6. The van der Waals surface area contributed by atoms with E-state index in [9.17, 15) is 19.7 Å². The van der Waals surface area contributed by atoms with Crippen molar-refractivity contribution in [3.63, 3.8) is 0 Å². The number of nitro groups is 1. The minimum atomic E-state index is -0.632. The Kier molecular flexibility index (Phi) is 7.32. The summed E-state index contributed by atoms with van der Waals surface area (Å²) in [5.41, 5.74) is 0.988. The number of non-ortho nitro benzene ring substituents is 1. The van der Waals surface area contributed by atoms with Crippen LogP contribution in [0.5, 0.6) is 11.5 Å². The molecule has 0 bridgehead atoms. The van der Waals surface area contributed by atoms with Gasteiger partial charge in [-0.05, 0) is 30.2 Å². The lowest BCUT2D eigenvalue weighted by molar-refractivity contribution is -0.384. The topological polar surface area (TPSA) is 120 Å². The summed E-state index contributed by atoms with van der Waals surface area (Å²) in [4.78, 5) is 34.0. The average molecular weight is 387 g/mol. The zero-order valence-corrected chi connectivity index (χ0v) is 15.6. The molecule has 9 nitrogen and oxygen atoms in total. The van der Waals surface area contributed by atoms with Gasteiger partial charge < -0.3 is 14.8 Å². The molecule has 2 aromatic rings. The Bertz CT molecular complexity index is 851. The first-order chi connectivity index (χ1) is 13.4. The summed E-state index contributed by atoms with van der Waals surface area (Å²) in [6.45, 7) is 1.92. The number of urea groups is 1. The second-order valence-corrected chi connectivity index (χ2v) is 5.76. The van der Waals surface area contributed by atoms with Gasteiger partial charge >= 0.3 is 6.03 Å². The van der Waals surface area contributed by atoms with E-state index in [4.69, 9.17) is 9.47 Å². The first-order valence-corrected chi connectivity index (χ1v) is 8.58. The molecule has 0 aliphatic carbocycles. The van der Waals surface area contributed by atoms with Crippen molar-refractivity contribution in [3.8, 4) is 22.6 Å². The van der Waals surface area contributed by atoms with Crippen LogP contribution in [0, 0.1) is 10.1 Å². The quantitative estimate of drug-likeness (QED) is 0.531. The van der Waals surface area contributed by atoms with E-state index in [1.807, 2.05) is 6.92 Å². The highest BCUT2D eigenvalue weighted by molar-refractivity contribution is 5.95. The smallest absolute Gasteiger partial charge is 0.321 e. The van der Waals surface area contributed by atoms with Gasteiger partial charge in [0.2, 0.25) is 0 Å². The second kappa shape index (κ2) is 9.91. The van der Waals surface area contributed by atoms with Gasteiger partial charge in [-0.25, -0.2) is 4.79 Å². The van der Waals surface area contributed by atoms with Crippen LogP contribution in [-0.2, 0) is 4.79 Å². The number of imide groups is 1. The van der Waals surface area contributed by atoms with Gasteiger partial charge in [0.05, 0.1) is 12.0 Å². The molecule has 148 valence electrons. The number of hydrogen-bond acceptors (Lipinski definition) is 6. The molecule has 9 heteroatoms. The zero-order chi connectivity index (χ0) is 20.5. The number of nitro benzene ring substituents is 1. The molecule has 0 aliphatic rings. The third-order valence-corrected chi connectivity index (χ3v) is 3.72. The normalized spacial score (nSPS) is 10.1. The number of nitrogens with zero attached hydrogens (tertiary/aromatic N) is 1. The summed E-state index contributed by atoms with van der Waals surface area (Å²) in [5, 5.41) is 15.8. The molecule has 0 saturated heterocycles. The van der Waals surface area contributed by atoms with Gasteiger partial charge in [0, 0.05) is 24.2 Å². The molecular weight excluding hydrogens is 366 g/mol. The van der Waals surface area contributed by atoms with Crippen molar-refractivity contribution in [1.29, 1.82) is 0 Å². The summed E-state index contributed by atoms with van der Waals surface area (Å²) in [6, 6.07) is 10.3. The summed E-state index contributed by atoms with van der Waals surface area (Å²) < 4.78 is 10.6. The van der Waals surface area contributed by atoms with Crippen LogP contribution < -0.4 is 20.1 Å². The van der Waals surface area contributed by atoms with Crippen molar-refractivity contribution in [2.24, 2.45) is 0 Å². The Labute approximate surface area is 161 Å². The number of methoxy groups -OCH3 is 1. The zero-order valence-electron chi connectivity index (χ0n) is 15.6. The van der Waals surface area contributed by atoms with Crippen LogP contribution in [0.4, 0.5) is 10.5 Å². The molecule has 2 aromatic carbocycles. The molecule has 3 amide bonds. The molecule has 0 atom stereocenters. The van der Waals surface area contributed by atoms with E-state index in [1.54, 1.807) is 24.3 Å². The summed E-state index contributed by atoms with van der Waals surface area (Å²) in [7, 11) is 1.53. The number of carbonyl (C=O) groups excluding carboxylic acids is 2. The number of rotatable bonds is 8. The summed E-state index contributed by atoms with van der Waals surface area (Å²) in [6.07, 6.45) is 0.742. The fourth-order valence-electron chi connectivity index (χ4n) is 2.34. The number of ether oxygens (including phenoxy) is 2. The minimum absolute atomic E-state index is 0.110. The number of benzene rings is 2. The van der Waals surface area contributed by atoms with Crippen molar-refractivity contribution >= 4 is 17.6 Å². The van der Waals surface area contributed by atoms with Crippen LogP contribution in [0.2, 0.25) is 0 Å². The van der Waals surface area contributed by atoms with E-state index in [0.29, 0.717) is 23.4 Å². The maximum absolute atomic E-state index is 11.9. The molecule has 0 unspecified atom stereocenters. The van der Waals surface area contributed by atoms with Crippen LogP contribution in [-0.4, -0.2) is 37.1 Å². The molecule has 2 rings (SSSR count). The first-order valence-electron chi connectivity index (χ1n) is 8.58. The molecule has 0 radical (unpaired) electrons. The molecule has 0 fully saturated rings. The fraction of sp³-hybridized carbons (Fsp3) is 0.263. The lowest BCUT2D eigenvalue weighted by atomic mass is 10.0. The highest BCUT2D eigenvalue weighted by Gasteiger charge is 2.15. The van der Waals surface area contributed by atoms with Gasteiger partial charge in [-0.1, -0.05) is 19.1 Å². The monoisotopic (exact) mass is 387 g/mol. The number of hydrogen-bond donors (Lipinski definition) is 2. The lowest BCUT2D eigenvalue weighted by Gasteiger charge is -2.12. The maximum atomic E-state index is 11.9. The first kappa shape index (κ1) is 20.7. The number of amides is 3. The van der Waals surface area contributed by atoms with Crippen LogP contribution in [0.3, 0.4) is 0 Å². The van der Waals surface area contributed by atoms with Gasteiger partial charge in [-0.2, -0.15) is 0 Å². The largest absolute Gasteiger partial charge is 0.497 e. The molecule has 0 heterocycles. The molecule has 28 heavy (non-hydrogen) atoms. The van der Waals surface area contributed by atoms with E-state index < -0.39 is 23.5 Å². The SMILES string of the molecule is CCCNC(=O)NC(=O)COc1ccc([N+](=O)[O-])cc1-c1ccc(OC)cc1. The van der Waals surface area contributed by atoms with E-state index in [-0.39, 0.29) is 11.4 Å². The Morgan fingerprint density at radius 1 is 1.14 bits per heavy atom. The molecule has 0 spiro atoms. The van der Waals surface area contributed by atoms with Crippen molar-refractivity contribution in [3.05, 3.63) is 52.6 Å². The summed E-state index contributed by atoms with van der Waals surface area (Å²) >= 11 is 0. The van der Waals surface area contributed by atoms with Crippen molar-refractivity contribution in [1.82, 2.24) is 10.6 Å². The third kappa shape index (κ3) is 5.70. The Hall–Kier alpha value is -3.62. The van der Waals surface area contributed by atoms with E-state index in [1.165, 1.54) is 25.3 Å². The average Bonchev–Trinajstić information content (AvgIpc) is 2.70. The van der Waals surface area contributed by atoms with Gasteiger partial charge in [0.15, 0.2) is 6.61 Å². The van der Waals surface area contributed by atoms with Crippen molar-refractivity contribution in [2.45, 2.75) is 13.3 Å². The van der Waals surface area contributed by atoms with Crippen LogP contribution in [0.25, 0.3) is 11.1 Å². The molecule has 0 saturated carbocycles. The van der Waals surface area contributed by atoms with E-state index in [0.717, 1.165) is 6.42 Å². The van der Waals surface area contributed by atoms with Gasteiger partial charge in [0.1, 0.15) is 11.5 Å². The van der Waals surface area contributed by atoms with E-state index in [2.05, 4.69) is 10.6 Å². The highest BCUT2D eigenvalue weighted by Crippen LogP contribution is 2.34. The highest BCUT2D eigenvalue weighted by atomic mass is 16.6. The second-order valence-electron chi connectivity index (χ2n) is 5.76. The standard InChI is InChI=1S/C19H21N3O6/c1-3-10-20-19(24)21-18(23)12-28-17-9-6-14(22(25)26)11-16(17)13-4-7-15(27-2)8-5-13/h4-9,11H,3,10,12H2,1-2H3,(H2,20,21,23,24). The third-order valence-electron chi connectivity index (χ3n) is 3.72. The van der Waals surface area contributed by atoms with Crippen LogP contribution in [0.15, 0.2) is 42.5 Å². The molecule has 2 N–H and O–H groups in total. The fourth-order valence-corrected chi connectivity index (χ4v) is 2.34. The Morgan fingerprint density at radius 3 is 2.46 bits per heavy atom. The van der Waals surface area contributed by atoms with Crippen molar-refractivity contribution in [2.75, 3.05) is 20.3 Å². The predicted octanol–water partition coefficient (Wildman–Crippen LogP) is 2.89. The van der Waals surface area contributed by atoms with Crippen LogP contribution >= 0.6 is 0 Å². The van der Waals surface area contributed by atoms with E-state index >= 15 is 0 Å². The van der Waals surface area contributed by atoms with Gasteiger partial charge in [-0.3, -0.25) is 20.2 Å². The Balaban J connectivity index is 2.17. The van der Waals surface area contributed by atoms with Crippen LogP contribution in [0.1, 0.15) is 13.3 Å².